The van der Waals surface area contributed by atoms with Crippen molar-refractivity contribution in [2.45, 2.75) is 45.1 Å². The van der Waals surface area contributed by atoms with Crippen LogP contribution in [0.3, 0.4) is 0 Å². The highest BCUT2D eigenvalue weighted by atomic mass is 127. The summed E-state index contributed by atoms with van der Waals surface area (Å²) < 4.78 is 11.5. The van der Waals surface area contributed by atoms with Crippen LogP contribution in [-0.2, 0) is 4.74 Å². The molecular weight excluding hydrogens is 429 g/mol. The molecule has 1 aliphatic rings. The fourth-order valence-corrected chi connectivity index (χ4v) is 2.73. The van der Waals surface area contributed by atoms with Gasteiger partial charge in [0.25, 0.3) is 0 Å². The molecule has 0 aliphatic carbocycles. The first-order valence-corrected chi connectivity index (χ1v) is 8.89. The third kappa shape index (κ3) is 8.27. The lowest BCUT2D eigenvalue weighted by Crippen LogP contribution is -2.45. The Kier molecular flexibility index (Phi) is 10.2. The molecule has 1 aromatic rings. The summed E-state index contributed by atoms with van der Waals surface area (Å²) in [7, 11) is 1.80. The minimum Gasteiger partial charge on any atom is -0.494 e. The van der Waals surface area contributed by atoms with Crippen LogP contribution in [0.4, 0.5) is 0 Å². The summed E-state index contributed by atoms with van der Waals surface area (Å²) in [5.74, 6) is 1.78. The second-order valence-corrected chi connectivity index (χ2v) is 6.62. The molecule has 2 rings (SSSR count). The average Bonchev–Trinajstić information content (AvgIpc) is 3.02. The molecule has 1 atom stereocenters. The van der Waals surface area contributed by atoms with Gasteiger partial charge in [0.2, 0.25) is 0 Å². The standard InChI is InChI=1S/C19H31N3O2.HI/c1-16-7-9-17(10-8-16)23-13-5-4-12-21-18(20-3)22-15-19(2)11-6-14-24-19;/h7-10H,4-6,11-15H2,1-3H3,(H2,20,21,22);1H. The van der Waals surface area contributed by atoms with Crippen LogP contribution in [0.5, 0.6) is 5.75 Å². The normalized spacial score (nSPS) is 20.0. The van der Waals surface area contributed by atoms with E-state index in [4.69, 9.17) is 9.47 Å². The van der Waals surface area contributed by atoms with E-state index in [-0.39, 0.29) is 29.6 Å². The van der Waals surface area contributed by atoms with E-state index in [1.165, 1.54) is 5.56 Å². The number of halogens is 1. The second kappa shape index (κ2) is 11.6. The van der Waals surface area contributed by atoms with Crippen LogP contribution in [-0.4, -0.2) is 44.9 Å². The third-order valence-corrected chi connectivity index (χ3v) is 4.31. The Bertz CT molecular complexity index is 514. The number of aliphatic imine (C=N–C) groups is 1. The van der Waals surface area contributed by atoms with Crippen molar-refractivity contribution in [3.05, 3.63) is 29.8 Å². The maximum atomic E-state index is 5.78. The van der Waals surface area contributed by atoms with Crippen LogP contribution in [0, 0.1) is 6.92 Å². The van der Waals surface area contributed by atoms with E-state index in [0.717, 1.165) is 63.7 Å². The van der Waals surface area contributed by atoms with Gasteiger partial charge in [-0.3, -0.25) is 4.99 Å². The number of nitrogens with zero attached hydrogens (tertiary/aromatic N) is 1. The molecule has 25 heavy (non-hydrogen) atoms. The lowest BCUT2D eigenvalue weighted by molar-refractivity contribution is 0.0243. The number of hydrogen-bond acceptors (Lipinski definition) is 3. The van der Waals surface area contributed by atoms with E-state index < -0.39 is 0 Å². The van der Waals surface area contributed by atoms with Gasteiger partial charge in [0.1, 0.15) is 5.75 Å². The van der Waals surface area contributed by atoms with Crippen molar-refractivity contribution in [3.63, 3.8) is 0 Å². The maximum absolute atomic E-state index is 5.78. The average molecular weight is 461 g/mol. The quantitative estimate of drug-likeness (QED) is 0.269. The van der Waals surface area contributed by atoms with Crippen LogP contribution >= 0.6 is 24.0 Å². The van der Waals surface area contributed by atoms with Crippen LogP contribution in [0.2, 0.25) is 0 Å². The number of unbranched alkanes of at least 4 members (excludes halogenated alkanes) is 1. The maximum Gasteiger partial charge on any atom is 0.191 e. The van der Waals surface area contributed by atoms with Crippen molar-refractivity contribution in [2.75, 3.05) is 33.4 Å². The van der Waals surface area contributed by atoms with Gasteiger partial charge in [0.05, 0.1) is 12.2 Å². The smallest absolute Gasteiger partial charge is 0.191 e. The van der Waals surface area contributed by atoms with Gasteiger partial charge in [-0.2, -0.15) is 0 Å². The summed E-state index contributed by atoms with van der Waals surface area (Å²) in [6, 6.07) is 8.18. The van der Waals surface area contributed by atoms with E-state index in [2.05, 4.69) is 41.6 Å². The predicted octanol–water partition coefficient (Wildman–Crippen LogP) is 3.51. The molecule has 1 aromatic carbocycles. The molecular formula is C19H32IN3O2. The number of nitrogens with one attached hydrogen (secondary N) is 2. The number of rotatable bonds is 8. The molecule has 1 saturated heterocycles. The van der Waals surface area contributed by atoms with Crippen molar-refractivity contribution >= 4 is 29.9 Å². The van der Waals surface area contributed by atoms with Crippen LogP contribution < -0.4 is 15.4 Å². The number of guanidine groups is 1. The van der Waals surface area contributed by atoms with Gasteiger partial charge in [-0.15, -0.1) is 24.0 Å². The molecule has 1 heterocycles. The van der Waals surface area contributed by atoms with Gasteiger partial charge in [-0.05, 0) is 51.7 Å². The first kappa shape index (κ1) is 22.0. The highest BCUT2D eigenvalue weighted by Gasteiger charge is 2.29. The molecule has 0 aromatic heterocycles. The SMILES string of the molecule is CN=C(NCCCCOc1ccc(C)cc1)NCC1(C)CCCO1.I. The predicted molar refractivity (Wildman–Crippen MR) is 114 cm³/mol. The summed E-state index contributed by atoms with van der Waals surface area (Å²) in [4.78, 5) is 4.26. The fourth-order valence-electron chi connectivity index (χ4n) is 2.73. The molecule has 0 saturated carbocycles. The Morgan fingerprint density at radius 3 is 2.64 bits per heavy atom. The molecule has 0 bridgehead atoms. The van der Waals surface area contributed by atoms with Crippen LogP contribution in [0.25, 0.3) is 0 Å². The second-order valence-electron chi connectivity index (χ2n) is 6.62. The van der Waals surface area contributed by atoms with Crippen LogP contribution in [0.1, 0.15) is 38.2 Å². The van der Waals surface area contributed by atoms with E-state index in [9.17, 15) is 0 Å². The van der Waals surface area contributed by atoms with E-state index in [0.29, 0.717) is 0 Å². The first-order valence-electron chi connectivity index (χ1n) is 8.89. The number of benzene rings is 1. The van der Waals surface area contributed by atoms with Gasteiger partial charge >= 0.3 is 0 Å². The Morgan fingerprint density at radius 2 is 2.00 bits per heavy atom. The molecule has 6 heteroatoms. The molecule has 142 valence electrons. The largest absolute Gasteiger partial charge is 0.494 e. The molecule has 0 spiro atoms. The topological polar surface area (TPSA) is 54.9 Å². The molecule has 1 unspecified atom stereocenters. The molecule has 5 nitrogen and oxygen atoms in total. The molecule has 0 amide bonds. The van der Waals surface area contributed by atoms with Crippen molar-refractivity contribution in [1.82, 2.24) is 10.6 Å². The number of ether oxygens (including phenoxy) is 2. The first-order chi connectivity index (χ1) is 11.6. The van der Waals surface area contributed by atoms with Gasteiger partial charge in [-0.25, -0.2) is 0 Å². The van der Waals surface area contributed by atoms with E-state index in [1.54, 1.807) is 7.05 Å². The van der Waals surface area contributed by atoms with Crippen molar-refractivity contribution < 1.29 is 9.47 Å². The number of aryl methyl sites for hydroxylation is 1. The summed E-state index contributed by atoms with van der Waals surface area (Å²) in [5, 5.41) is 6.70. The van der Waals surface area contributed by atoms with Crippen LogP contribution in [0.15, 0.2) is 29.3 Å². The van der Waals surface area contributed by atoms with Crippen molar-refractivity contribution in [3.8, 4) is 5.75 Å². The number of hydrogen-bond donors (Lipinski definition) is 2. The molecule has 2 N–H and O–H groups in total. The molecule has 1 fully saturated rings. The van der Waals surface area contributed by atoms with E-state index >= 15 is 0 Å². The summed E-state index contributed by atoms with van der Waals surface area (Å²) >= 11 is 0. The lowest BCUT2D eigenvalue weighted by atomic mass is 10.0. The van der Waals surface area contributed by atoms with Gasteiger partial charge < -0.3 is 20.1 Å². The Labute approximate surface area is 169 Å². The minimum absolute atomic E-state index is 0. The minimum atomic E-state index is -0.0561. The van der Waals surface area contributed by atoms with Gasteiger partial charge in [0.15, 0.2) is 5.96 Å². The fraction of sp³-hybridized carbons (Fsp3) is 0.632. The zero-order chi connectivity index (χ0) is 17.3. The molecule has 1 aliphatic heterocycles. The third-order valence-electron chi connectivity index (χ3n) is 4.31. The zero-order valence-electron chi connectivity index (χ0n) is 15.6. The highest BCUT2D eigenvalue weighted by Crippen LogP contribution is 2.23. The Balaban J connectivity index is 0.00000312. The van der Waals surface area contributed by atoms with E-state index in [1.807, 2.05) is 12.1 Å². The lowest BCUT2D eigenvalue weighted by Gasteiger charge is -2.24. The Hall–Kier alpha value is -1.02. The summed E-state index contributed by atoms with van der Waals surface area (Å²) in [6.45, 7) is 7.52. The van der Waals surface area contributed by atoms with Crippen molar-refractivity contribution in [1.29, 1.82) is 0 Å². The van der Waals surface area contributed by atoms with Crippen molar-refractivity contribution in [2.24, 2.45) is 4.99 Å². The van der Waals surface area contributed by atoms with Gasteiger partial charge in [-0.1, -0.05) is 17.7 Å². The summed E-state index contributed by atoms with van der Waals surface area (Å²) in [6.07, 6.45) is 4.30. The monoisotopic (exact) mass is 461 g/mol. The zero-order valence-corrected chi connectivity index (χ0v) is 18.0. The highest BCUT2D eigenvalue weighted by molar-refractivity contribution is 14.0. The van der Waals surface area contributed by atoms with Gasteiger partial charge in [0, 0.05) is 26.7 Å². The molecule has 0 radical (unpaired) electrons. The summed E-state index contributed by atoms with van der Waals surface area (Å²) in [5.41, 5.74) is 1.20. The Morgan fingerprint density at radius 1 is 1.24 bits per heavy atom.